The molecule has 0 aliphatic carbocycles. The second kappa shape index (κ2) is 5.63. The van der Waals surface area contributed by atoms with Crippen LogP contribution >= 0.6 is 11.8 Å². The second-order valence-corrected chi connectivity index (χ2v) is 5.44. The number of carbonyl (C=O) groups excluding carboxylic acids is 1. The summed E-state index contributed by atoms with van der Waals surface area (Å²) in [6.45, 7) is 0. The second-order valence-electron chi connectivity index (χ2n) is 4.56. The molecule has 0 aliphatic heterocycles. The molecule has 3 N–H and O–H groups in total. The Labute approximate surface area is 126 Å². The summed E-state index contributed by atoms with van der Waals surface area (Å²) in [7, 11) is 0. The summed E-state index contributed by atoms with van der Waals surface area (Å²) in [5.41, 5.74) is 5.41. The molecule has 0 saturated heterocycles. The van der Waals surface area contributed by atoms with Crippen LogP contribution in [0.4, 0.5) is 0 Å². The van der Waals surface area contributed by atoms with Gasteiger partial charge in [0.2, 0.25) is 0 Å². The van der Waals surface area contributed by atoms with Crippen LogP contribution in [-0.2, 0) is 0 Å². The van der Waals surface area contributed by atoms with E-state index in [4.69, 9.17) is 10.3 Å². The first kappa shape index (κ1) is 13.7. The zero-order valence-electron chi connectivity index (χ0n) is 11.4. The van der Waals surface area contributed by atoms with Gasteiger partial charge < -0.3 is 4.42 Å². The van der Waals surface area contributed by atoms with E-state index in [0.717, 1.165) is 22.1 Å². The van der Waals surface area contributed by atoms with Crippen molar-refractivity contribution in [1.29, 1.82) is 0 Å². The van der Waals surface area contributed by atoms with Crippen molar-refractivity contribution in [2.45, 2.75) is 4.90 Å². The van der Waals surface area contributed by atoms with Crippen molar-refractivity contribution in [2.24, 2.45) is 5.84 Å². The van der Waals surface area contributed by atoms with Crippen LogP contribution in [0.15, 0.2) is 58.0 Å². The average molecular weight is 298 g/mol. The molecule has 0 unspecified atom stereocenters. The number of hydrazine groups is 1. The third-order valence-corrected chi connectivity index (χ3v) is 4.11. The Morgan fingerprint density at radius 2 is 1.95 bits per heavy atom. The van der Waals surface area contributed by atoms with Gasteiger partial charge in [-0.25, -0.2) is 5.84 Å². The highest BCUT2D eigenvalue weighted by Gasteiger charge is 2.11. The number of thioether (sulfide) groups is 1. The average Bonchev–Trinajstić information content (AvgIpc) is 2.97. The van der Waals surface area contributed by atoms with Gasteiger partial charge in [-0.2, -0.15) is 0 Å². The van der Waals surface area contributed by atoms with E-state index >= 15 is 0 Å². The minimum absolute atomic E-state index is 0.318. The predicted octanol–water partition coefficient (Wildman–Crippen LogP) is 3.43. The SMILES string of the molecule is CSc1ccc(-c2coc3ccc(C(=O)NN)cc23)cc1. The van der Waals surface area contributed by atoms with Crippen LogP contribution in [0.3, 0.4) is 0 Å². The third-order valence-electron chi connectivity index (χ3n) is 3.37. The third kappa shape index (κ3) is 2.53. The topological polar surface area (TPSA) is 68.3 Å². The molecular weight excluding hydrogens is 284 g/mol. The predicted molar refractivity (Wildman–Crippen MR) is 85.1 cm³/mol. The lowest BCUT2D eigenvalue weighted by molar-refractivity contribution is 0.0954. The molecule has 3 aromatic rings. The molecule has 2 aromatic carbocycles. The Morgan fingerprint density at radius 1 is 1.19 bits per heavy atom. The number of carbonyl (C=O) groups is 1. The minimum atomic E-state index is -0.318. The van der Waals surface area contributed by atoms with Gasteiger partial charge in [-0.1, -0.05) is 12.1 Å². The van der Waals surface area contributed by atoms with Gasteiger partial charge in [0, 0.05) is 21.4 Å². The number of hydrogen-bond donors (Lipinski definition) is 2. The number of amides is 1. The summed E-state index contributed by atoms with van der Waals surface area (Å²) in [4.78, 5) is 12.8. The Kier molecular flexibility index (Phi) is 3.68. The first-order valence-corrected chi connectivity index (χ1v) is 7.62. The van der Waals surface area contributed by atoms with Gasteiger partial charge >= 0.3 is 0 Å². The number of furan rings is 1. The molecule has 0 bridgehead atoms. The minimum Gasteiger partial charge on any atom is -0.464 e. The van der Waals surface area contributed by atoms with Gasteiger partial charge in [0.25, 0.3) is 5.91 Å². The highest BCUT2D eigenvalue weighted by molar-refractivity contribution is 7.98. The molecule has 3 rings (SSSR count). The number of fused-ring (bicyclic) bond motifs is 1. The van der Waals surface area contributed by atoms with E-state index in [2.05, 4.69) is 17.6 Å². The number of hydrogen-bond acceptors (Lipinski definition) is 4. The smallest absolute Gasteiger partial charge is 0.265 e. The standard InChI is InChI=1S/C16H14N2O2S/c1-21-12-5-2-10(3-6-12)14-9-20-15-7-4-11(8-13(14)15)16(19)18-17/h2-9H,17H2,1H3,(H,18,19). The maximum Gasteiger partial charge on any atom is 0.265 e. The number of nitrogen functional groups attached to an aromatic ring is 1. The van der Waals surface area contributed by atoms with E-state index in [1.54, 1.807) is 36.2 Å². The molecular formula is C16H14N2O2S. The molecule has 0 radical (unpaired) electrons. The highest BCUT2D eigenvalue weighted by atomic mass is 32.2. The molecule has 1 aromatic heterocycles. The molecule has 106 valence electrons. The molecule has 1 amide bonds. The van der Waals surface area contributed by atoms with Gasteiger partial charge in [0.05, 0.1) is 6.26 Å². The van der Waals surface area contributed by atoms with Crippen LogP contribution in [-0.4, -0.2) is 12.2 Å². The first-order valence-electron chi connectivity index (χ1n) is 6.39. The summed E-state index contributed by atoms with van der Waals surface area (Å²) < 4.78 is 5.56. The van der Waals surface area contributed by atoms with Crippen molar-refractivity contribution in [1.82, 2.24) is 5.43 Å². The number of rotatable bonds is 3. The van der Waals surface area contributed by atoms with Crippen LogP contribution in [0.1, 0.15) is 10.4 Å². The summed E-state index contributed by atoms with van der Waals surface area (Å²) in [5.74, 6) is 4.86. The maximum atomic E-state index is 11.6. The van der Waals surface area contributed by atoms with E-state index in [1.807, 2.05) is 18.4 Å². The Bertz CT molecular complexity index is 794. The van der Waals surface area contributed by atoms with Crippen molar-refractivity contribution in [2.75, 3.05) is 6.26 Å². The lowest BCUT2D eigenvalue weighted by atomic mass is 10.0. The Morgan fingerprint density at radius 3 is 2.62 bits per heavy atom. The molecule has 0 aliphatic rings. The van der Waals surface area contributed by atoms with Crippen molar-refractivity contribution in [3.05, 3.63) is 54.3 Å². The van der Waals surface area contributed by atoms with Gasteiger partial charge in [0.1, 0.15) is 5.58 Å². The molecule has 0 atom stereocenters. The van der Waals surface area contributed by atoms with E-state index < -0.39 is 0 Å². The van der Waals surface area contributed by atoms with Crippen LogP contribution < -0.4 is 11.3 Å². The van der Waals surface area contributed by atoms with E-state index in [1.165, 1.54) is 4.90 Å². The number of nitrogens with two attached hydrogens (primary N) is 1. The van der Waals surface area contributed by atoms with Gasteiger partial charge in [-0.3, -0.25) is 10.2 Å². The summed E-state index contributed by atoms with van der Waals surface area (Å²) >= 11 is 1.70. The summed E-state index contributed by atoms with van der Waals surface area (Å²) in [5, 5.41) is 0.896. The first-order chi connectivity index (χ1) is 10.2. The maximum absolute atomic E-state index is 11.6. The van der Waals surface area contributed by atoms with Gasteiger partial charge in [-0.15, -0.1) is 11.8 Å². The van der Waals surface area contributed by atoms with E-state index in [9.17, 15) is 4.79 Å². The fourth-order valence-corrected chi connectivity index (χ4v) is 2.66. The largest absolute Gasteiger partial charge is 0.464 e. The summed E-state index contributed by atoms with van der Waals surface area (Å²) in [6, 6.07) is 13.5. The molecule has 5 heteroatoms. The van der Waals surface area contributed by atoms with Crippen LogP contribution in [0.2, 0.25) is 0 Å². The molecule has 4 nitrogen and oxygen atoms in total. The van der Waals surface area contributed by atoms with Crippen molar-refractivity contribution < 1.29 is 9.21 Å². The van der Waals surface area contributed by atoms with Crippen LogP contribution in [0.25, 0.3) is 22.1 Å². The Balaban J connectivity index is 2.11. The monoisotopic (exact) mass is 298 g/mol. The number of benzene rings is 2. The lowest BCUT2D eigenvalue weighted by Crippen LogP contribution is -2.29. The van der Waals surface area contributed by atoms with Crippen molar-refractivity contribution >= 4 is 28.6 Å². The number of nitrogens with one attached hydrogen (secondary N) is 1. The molecule has 1 heterocycles. The zero-order valence-corrected chi connectivity index (χ0v) is 12.2. The van der Waals surface area contributed by atoms with E-state index in [0.29, 0.717) is 5.56 Å². The van der Waals surface area contributed by atoms with Gasteiger partial charge in [-0.05, 0) is 42.2 Å². The van der Waals surface area contributed by atoms with Crippen molar-refractivity contribution in [3.63, 3.8) is 0 Å². The highest BCUT2D eigenvalue weighted by Crippen LogP contribution is 2.32. The zero-order chi connectivity index (χ0) is 14.8. The Hall–Kier alpha value is -2.24. The normalized spacial score (nSPS) is 10.8. The quantitative estimate of drug-likeness (QED) is 0.336. The molecule has 0 fully saturated rings. The van der Waals surface area contributed by atoms with Crippen LogP contribution in [0, 0.1) is 0 Å². The molecule has 21 heavy (non-hydrogen) atoms. The fraction of sp³-hybridized carbons (Fsp3) is 0.0625. The lowest BCUT2D eigenvalue weighted by Gasteiger charge is -2.02. The fourth-order valence-electron chi connectivity index (χ4n) is 2.25. The molecule has 0 spiro atoms. The van der Waals surface area contributed by atoms with Gasteiger partial charge in [0.15, 0.2) is 0 Å². The van der Waals surface area contributed by atoms with Crippen molar-refractivity contribution in [3.8, 4) is 11.1 Å². The van der Waals surface area contributed by atoms with Crippen LogP contribution in [0.5, 0.6) is 0 Å². The summed E-state index contributed by atoms with van der Waals surface area (Å²) in [6.07, 6.45) is 3.75. The van der Waals surface area contributed by atoms with E-state index in [-0.39, 0.29) is 5.91 Å². The molecule has 0 saturated carbocycles.